The van der Waals surface area contributed by atoms with Crippen molar-refractivity contribution in [3.05, 3.63) is 52.6 Å². The van der Waals surface area contributed by atoms with E-state index in [9.17, 15) is 15.3 Å². The number of aromatic nitrogens is 1. The Labute approximate surface area is 196 Å². The fourth-order valence-corrected chi connectivity index (χ4v) is 4.75. The lowest BCUT2D eigenvalue weighted by Crippen LogP contribution is -2.35. The first-order chi connectivity index (χ1) is 15.9. The Bertz CT molecular complexity index is 1130. The van der Waals surface area contributed by atoms with Gasteiger partial charge >= 0.3 is 0 Å². The molecule has 1 amide bonds. The molecule has 0 bridgehead atoms. The third-order valence-electron chi connectivity index (χ3n) is 5.20. The second kappa shape index (κ2) is 10.7. The van der Waals surface area contributed by atoms with Gasteiger partial charge in [0.1, 0.15) is 34.3 Å². The van der Waals surface area contributed by atoms with Gasteiger partial charge in [0.15, 0.2) is 0 Å². The number of anilines is 1. The number of rotatable bonds is 8. The van der Waals surface area contributed by atoms with Gasteiger partial charge in [0.05, 0.1) is 11.1 Å². The van der Waals surface area contributed by atoms with E-state index in [0.717, 1.165) is 11.8 Å². The minimum Gasteiger partial charge on any atom is -0.368 e. The van der Waals surface area contributed by atoms with Crippen molar-refractivity contribution < 1.29 is 9.63 Å². The first kappa shape index (κ1) is 23.9. The van der Waals surface area contributed by atoms with Crippen LogP contribution in [0.2, 0.25) is 0 Å². The summed E-state index contributed by atoms with van der Waals surface area (Å²) in [5.41, 5.74) is 15.2. The lowest BCUT2D eigenvalue weighted by atomic mass is 10.0. The summed E-state index contributed by atoms with van der Waals surface area (Å²) in [6, 6.07) is 13.4. The maximum absolute atomic E-state index is 12.3. The number of carbonyl (C=O) groups is 1. The zero-order valence-electron chi connectivity index (χ0n) is 18.0. The van der Waals surface area contributed by atoms with E-state index in [4.69, 9.17) is 21.7 Å². The van der Waals surface area contributed by atoms with Crippen LogP contribution in [0.3, 0.4) is 0 Å². The molecule has 11 heteroatoms. The minimum atomic E-state index is -0.745. The van der Waals surface area contributed by atoms with Crippen LogP contribution >= 0.6 is 11.8 Å². The molecule has 0 radical (unpaired) electrons. The summed E-state index contributed by atoms with van der Waals surface area (Å²) in [5.74, 6) is -0.417. The topological polar surface area (TPSA) is 178 Å². The zero-order chi connectivity index (χ0) is 24.0. The van der Waals surface area contributed by atoms with Crippen molar-refractivity contribution >= 4 is 29.4 Å². The summed E-state index contributed by atoms with van der Waals surface area (Å²) in [5, 5.41) is 26.6. The number of amides is 1. The van der Waals surface area contributed by atoms with Crippen LogP contribution in [-0.2, 0) is 16.1 Å². The average molecular weight is 465 g/mol. The minimum absolute atomic E-state index is 0.262. The molecule has 1 aromatic heterocycles. The van der Waals surface area contributed by atoms with Crippen molar-refractivity contribution in [1.82, 2.24) is 10.5 Å². The molecule has 2 atom stereocenters. The van der Waals surface area contributed by atoms with Gasteiger partial charge in [-0.2, -0.15) is 10.5 Å². The maximum Gasteiger partial charge on any atom is 0.235 e. The number of hydrogen-bond acceptors (Lipinski definition) is 8. The molecule has 10 nitrogen and oxygen atoms in total. The molecule has 2 aromatic rings. The first-order valence-corrected chi connectivity index (χ1v) is 11.2. The average Bonchev–Trinajstić information content (AvgIpc) is 3.29. The fourth-order valence-electron chi connectivity index (χ4n) is 3.69. The van der Waals surface area contributed by atoms with Crippen LogP contribution in [0.1, 0.15) is 40.8 Å². The van der Waals surface area contributed by atoms with Crippen LogP contribution in [-0.4, -0.2) is 36.0 Å². The Balaban J connectivity index is 2.02. The molecule has 1 saturated heterocycles. The molecular formula is C22H24N8O2S. The molecule has 3 rings (SSSR count). The van der Waals surface area contributed by atoms with E-state index < -0.39 is 11.2 Å². The van der Waals surface area contributed by atoms with Gasteiger partial charge in [-0.05, 0) is 24.0 Å². The van der Waals surface area contributed by atoms with Crippen LogP contribution in [0.25, 0.3) is 0 Å². The van der Waals surface area contributed by atoms with Crippen molar-refractivity contribution in [2.24, 2.45) is 11.5 Å². The number of guanidine groups is 1. The standard InChI is InChI=1S/C22H24N8O2S/c1-2-15-16(10-23)20(30-9-8-14(12-30)32-29-22(26)27)28-21(17(15)11-24)33-18(19(25)31)13-6-4-3-5-7-13/h3-7,14,18H,2,8-9,12H2,1H3,(H2,25,31)(H4,26,27,29). The predicted molar refractivity (Wildman–Crippen MR) is 124 cm³/mol. The summed E-state index contributed by atoms with van der Waals surface area (Å²) in [6.45, 7) is 2.84. The molecule has 6 N–H and O–H groups in total. The molecule has 1 aliphatic heterocycles. The number of carbonyl (C=O) groups excluding carboxylic acids is 1. The molecule has 170 valence electrons. The molecule has 1 aliphatic rings. The highest BCUT2D eigenvalue weighted by Crippen LogP contribution is 2.40. The molecule has 0 spiro atoms. The highest BCUT2D eigenvalue weighted by atomic mass is 32.2. The van der Waals surface area contributed by atoms with Gasteiger partial charge < -0.3 is 16.4 Å². The van der Waals surface area contributed by atoms with Crippen LogP contribution < -0.4 is 21.8 Å². The zero-order valence-corrected chi connectivity index (χ0v) is 18.9. The quantitative estimate of drug-likeness (QED) is 0.196. The van der Waals surface area contributed by atoms with Crippen molar-refractivity contribution in [3.63, 3.8) is 0 Å². The number of nitrogens with one attached hydrogen (secondary N) is 2. The third-order valence-corrected chi connectivity index (χ3v) is 6.45. The van der Waals surface area contributed by atoms with Crippen molar-refractivity contribution in [3.8, 4) is 12.1 Å². The highest BCUT2D eigenvalue weighted by Gasteiger charge is 2.31. The number of primary amides is 1. The summed E-state index contributed by atoms with van der Waals surface area (Å²) in [6.07, 6.45) is 0.813. The number of nitrogens with zero attached hydrogens (tertiary/aromatic N) is 4. The molecular weight excluding hydrogens is 440 g/mol. The lowest BCUT2D eigenvalue weighted by Gasteiger charge is -2.23. The predicted octanol–water partition coefficient (Wildman–Crippen LogP) is 1.70. The van der Waals surface area contributed by atoms with E-state index in [0.29, 0.717) is 53.5 Å². The van der Waals surface area contributed by atoms with Gasteiger partial charge in [-0.1, -0.05) is 49.0 Å². The largest absolute Gasteiger partial charge is 0.368 e. The first-order valence-electron chi connectivity index (χ1n) is 10.3. The number of benzene rings is 1. The Morgan fingerprint density at radius 3 is 2.61 bits per heavy atom. The fraction of sp³-hybridized carbons (Fsp3) is 0.318. The Morgan fingerprint density at radius 2 is 2.03 bits per heavy atom. The maximum atomic E-state index is 12.3. The van der Waals surface area contributed by atoms with Crippen LogP contribution in [0.15, 0.2) is 35.4 Å². The Morgan fingerprint density at radius 1 is 1.33 bits per heavy atom. The second-order valence-corrected chi connectivity index (χ2v) is 8.44. The molecule has 2 unspecified atom stereocenters. The summed E-state index contributed by atoms with van der Waals surface area (Å²) >= 11 is 1.11. The molecule has 1 fully saturated rings. The van der Waals surface area contributed by atoms with Gasteiger partial charge in [-0.25, -0.2) is 10.5 Å². The van der Waals surface area contributed by atoms with Gasteiger partial charge in [0, 0.05) is 13.1 Å². The van der Waals surface area contributed by atoms with Crippen LogP contribution in [0.5, 0.6) is 0 Å². The number of pyridine rings is 1. The molecule has 2 heterocycles. The number of thioether (sulfide) groups is 1. The number of hydroxylamine groups is 1. The van der Waals surface area contributed by atoms with E-state index in [2.05, 4.69) is 22.6 Å². The lowest BCUT2D eigenvalue weighted by molar-refractivity contribution is -0.117. The van der Waals surface area contributed by atoms with Crippen molar-refractivity contribution in [1.29, 1.82) is 15.9 Å². The number of nitrogens with two attached hydrogens (primary N) is 2. The summed E-state index contributed by atoms with van der Waals surface area (Å²) in [7, 11) is 0. The van der Waals surface area contributed by atoms with E-state index in [1.54, 1.807) is 12.1 Å². The van der Waals surface area contributed by atoms with E-state index in [1.807, 2.05) is 30.0 Å². The summed E-state index contributed by atoms with van der Waals surface area (Å²) in [4.78, 5) is 24.2. The van der Waals surface area contributed by atoms with Crippen molar-refractivity contribution in [2.75, 3.05) is 18.0 Å². The van der Waals surface area contributed by atoms with Gasteiger partial charge in [0.25, 0.3) is 0 Å². The molecule has 1 aromatic carbocycles. The van der Waals surface area contributed by atoms with Crippen LogP contribution in [0.4, 0.5) is 5.82 Å². The SMILES string of the molecule is CCc1c(C#N)c(SC(C(N)=O)c2ccccc2)nc(N2CCC(ONC(=N)N)C2)c1C#N. The third kappa shape index (κ3) is 5.34. The smallest absolute Gasteiger partial charge is 0.235 e. The van der Waals surface area contributed by atoms with Crippen molar-refractivity contribution in [2.45, 2.75) is 36.1 Å². The monoisotopic (exact) mass is 464 g/mol. The van der Waals surface area contributed by atoms with E-state index >= 15 is 0 Å². The van der Waals surface area contributed by atoms with E-state index in [-0.39, 0.29) is 17.6 Å². The Hall–Kier alpha value is -3.80. The van der Waals surface area contributed by atoms with Crippen LogP contribution in [0, 0.1) is 28.1 Å². The highest BCUT2D eigenvalue weighted by molar-refractivity contribution is 8.00. The van der Waals surface area contributed by atoms with Gasteiger partial charge in [-0.3, -0.25) is 15.0 Å². The number of hydrogen-bond donors (Lipinski definition) is 4. The summed E-state index contributed by atoms with van der Waals surface area (Å²) < 4.78 is 0. The van der Waals surface area contributed by atoms with E-state index in [1.165, 1.54) is 0 Å². The normalized spacial score (nSPS) is 16.0. The molecule has 0 saturated carbocycles. The second-order valence-electron chi connectivity index (χ2n) is 7.35. The Kier molecular flexibility index (Phi) is 7.72. The van der Waals surface area contributed by atoms with Gasteiger partial charge in [0.2, 0.25) is 11.9 Å². The molecule has 0 aliphatic carbocycles. The number of nitriles is 2. The van der Waals surface area contributed by atoms with Gasteiger partial charge in [-0.15, -0.1) is 0 Å². The molecule has 33 heavy (non-hydrogen) atoms.